The zero-order chi connectivity index (χ0) is 30.5. The van der Waals surface area contributed by atoms with Crippen molar-refractivity contribution in [3.05, 3.63) is 65.4 Å². The number of amides is 3. The quantitative estimate of drug-likeness (QED) is 0.436. The summed E-state index contributed by atoms with van der Waals surface area (Å²) >= 11 is 0. The van der Waals surface area contributed by atoms with Gasteiger partial charge in [-0.2, -0.15) is 13.2 Å². The van der Waals surface area contributed by atoms with Crippen LogP contribution in [0, 0.1) is 5.92 Å². The Balaban J connectivity index is 1.33. The summed E-state index contributed by atoms with van der Waals surface area (Å²) in [5.41, 5.74) is 0.611. The zero-order valence-electron chi connectivity index (χ0n) is 24.4. The molecule has 0 radical (unpaired) electrons. The lowest BCUT2D eigenvalue weighted by Crippen LogP contribution is -2.51. The number of aromatic nitrogens is 1. The maximum Gasteiger partial charge on any atom is 0.416 e. The van der Waals surface area contributed by atoms with Crippen molar-refractivity contribution in [3.8, 4) is 5.69 Å². The fourth-order valence-electron chi connectivity index (χ4n) is 6.11. The van der Waals surface area contributed by atoms with Crippen molar-refractivity contribution in [2.24, 2.45) is 5.92 Å². The Morgan fingerprint density at radius 1 is 0.767 bits per heavy atom. The van der Waals surface area contributed by atoms with Gasteiger partial charge in [0.1, 0.15) is 5.69 Å². The van der Waals surface area contributed by atoms with Crippen molar-refractivity contribution in [2.75, 3.05) is 52.4 Å². The van der Waals surface area contributed by atoms with Crippen molar-refractivity contribution in [1.82, 2.24) is 24.2 Å². The number of carbonyl (C=O) groups is 3. The van der Waals surface area contributed by atoms with E-state index in [2.05, 4.69) is 18.7 Å². The molecule has 3 amide bonds. The van der Waals surface area contributed by atoms with Gasteiger partial charge in [-0.1, -0.05) is 6.07 Å². The number of hydrogen-bond acceptors (Lipinski definition) is 4. The number of nitrogens with zero attached hydrogens (tertiary/aromatic N) is 5. The molecule has 0 N–H and O–H groups in total. The van der Waals surface area contributed by atoms with E-state index in [1.165, 1.54) is 6.07 Å². The molecule has 2 aliphatic heterocycles. The van der Waals surface area contributed by atoms with Crippen LogP contribution in [0.15, 0.2) is 48.5 Å². The molecule has 1 aliphatic carbocycles. The van der Waals surface area contributed by atoms with Crippen molar-refractivity contribution in [3.63, 3.8) is 0 Å². The van der Waals surface area contributed by atoms with Crippen molar-refractivity contribution < 1.29 is 27.6 Å². The fourth-order valence-corrected chi connectivity index (χ4v) is 6.11. The Morgan fingerprint density at radius 2 is 1.40 bits per heavy atom. The molecule has 0 unspecified atom stereocenters. The predicted octanol–water partition coefficient (Wildman–Crippen LogP) is 4.51. The Labute approximate surface area is 248 Å². The summed E-state index contributed by atoms with van der Waals surface area (Å²) < 4.78 is 42.5. The molecule has 11 heteroatoms. The summed E-state index contributed by atoms with van der Waals surface area (Å²) in [5, 5.41) is 0.593. The molecule has 3 fully saturated rings. The second-order valence-electron chi connectivity index (χ2n) is 12.0. The van der Waals surface area contributed by atoms with Crippen LogP contribution < -0.4 is 0 Å². The van der Waals surface area contributed by atoms with Gasteiger partial charge < -0.3 is 19.3 Å². The first-order chi connectivity index (χ1) is 20.5. The van der Waals surface area contributed by atoms with E-state index in [0.717, 1.165) is 38.1 Å². The predicted molar refractivity (Wildman–Crippen MR) is 156 cm³/mol. The first-order valence-electron chi connectivity index (χ1n) is 15.0. The topological polar surface area (TPSA) is 69.1 Å². The zero-order valence-corrected chi connectivity index (χ0v) is 24.4. The van der Waals surface area contributed by atoms with E-state index >= 15 is 0 Å². The molecule has 228 valence electrons. The summed E-state index contributed by atoms with van der Waals surface area (Å²) in [7, 11) is 0. The van der Waals surface area contributed by atoms with Gasteiger partial charge in [-0.3, -0.25) is 19.3 Å². The van der Waals surface area contributed by atoms with E-state index in [9.17, 15) is 27.6 Å². The fraction of sp³-hybridized carbons (Fsp3) is 0.469. The van der Waals surface area contributed by atoms with Crippen LogP contribution in [0.25, 0.3) is 16.6 Å². The number of alkyl halides is 3. The minimum Gasteiger partial charge on any atom is -0.339 e. The van der Waals surface area contributed by atoms with E-state index in [-0.39, 0.29) is 35.0 Å². The molecular weight excluding hydrogens is 559 g/mol. The van der Waals surface area contributed by atoms with Crippen LogP contribution in [-0.4, -0.2) is 100 Å². The molecule has 2 saturated heterocycles. The highest BCUT2D eigenvalue weighted by Gasteiger charge is 2.36. The van der Waals surface area contributed by atoms with Crippen molar-refractivity contribution in [2.45, 2.75) is 38.9 Å². The molecule has 43 heavy (non-hydrogen) atoms. The average molecular weight is 596 g/mol. The normalized spacial score (nSPS) is 18.5. The largest absolute Gasteiger partial charge is 0.416 e. The summed E-state index contributed by atoms with van der Waals surface area (Å²) in [4.78, 5) is 47.4. The van der Waals surface area contributed by atoms with E-state index in [1.54, 1.807) is 44.7 Å². The molecule has 1 saturated carbocycles. The van der Waals surface area contributed by atoms with E-state index in [4.69, 9.17) is 0 Å². The summed E-state index contributed by atoms with van der Waals surface area (Å²) in [6.07, 6.45) is -2.73. The third-order valence-electron chi connectivity index (χ3n) is 8.84. The highest BCUT2D eigenvalue weighted by molar-refractivity contribution is 6.03. The Hall–Kier alpha value is -3.86. The Bertz CT molecular complexity index is 1550. The molecule has 3 aliphatic rings. The van der Waals surface area contributed by atoms with Gasteiger partial charge in [0.2, 0.25) is 5.91 Å². The number of benzene rings is 2. The number of carbonyl (C=O) groups excluding carboxylic acids is 3. The van der Waals surface area contributed by atoms with E-state index < -0.39 is 11.7 Å². The highest BCUT2D eigenvalue weighted by Crippen LogP contribution is 2.34. The van der Waals surface area contributed by atoms with Gasteiger partial charge >= 0.3 is 6.18 Å². The summed E-state index contributed by atoms with van der Waals surface area (Å²) in [6, 6.07) is 12.1. The van der Waals surface area contributed by atoms with Crippen LogP contribution in [0.2, 0.25) is 0 Å². The van der Waals surface area contributed by atoms with Gasteiger partial charge in [-0.25, -0.2) is 0 Å². The molecule has 2 aromatic carbocycles. The molecule has 0 bridgehead atoms. The molecular formula is C32H36F3N5O3. The van der Waals surface area contributed by atoms with Gasteiger partial charge in [0, 0.05) is 81.0 Å². The first-order valence-corrected chi connectivity index (χ1v) is 15.0. The second kappa shape index (κ2) is 11.3. The highest BCUT2D eigenvalue weighted by atomic mass is 19.4. The second-order valence-corrected chi connectivity index (χ2v) is 12.0. The monoisotopic (exact) mass is 595 g/mol. The Morgan fingerprint density at radius 3 is 2.02 bits per heavy atom. The van der Waals surface area contributed by atoms with Crippen LogP contribution in [0.3, 0.4) is 0 Å². The smallest absolute Gasteiger partial charge is 0.339 e. The molecule has 3 aromatic rings. The molecule has 0 spiro atoms. The molecule has 0 atom stereocenters. The number of rotatable bonds is 5. The van der Waals surface area contributed by atoms with Crippen LogP contribution in [0.1, 0.15) is 53.1 Å². The number of piperazine rings is 2. The van der Waals surface area contributed by atoms with Gasteiger partial charge in [0.05, 0.1) is 11.1 Å². The third kappa shape index (κ3) is 5.87. The SMILES string of the molecule is CC(C)N1CCN(C(=O)c2ccc3c(c2)cc(C(=O)N2CCN(C(=O)C4CC4)CC2)n3-c2cccc(C(F)(F)F)c2)CC1. The van der Waals surface area contributed by atoms with Crippen LogP contribution in [0.5, 0.6) is 0 Å². The minimum atomic E-state index is -4.55. The maximum absolute atomic E-state index is 13.9. The molecule has 8 nitrogen and oxygen atoms in total. The third-order valence-corrected chi connectivity index (χ3v) is 8.84. The number of hydrogen-bond donors (Lipinski definition) is 0. The van der Waals surface area contributed by atoms with Crippen LogP contribution in [0.4, 0.5) is 13.2 Å². The summed E-state index contributed by atoms with van der Waals surface area (Å²) in [5.74, 6) is -0.207. The molecule has 6 rings (SSSR count). The molecule has 3 heterocycles. The van der Waals surface area contributed by atoms with Crippen LogP contribution in [-0.2, 0) is 11.0 Å². The van der Waals surface area contributed by atoms with E-state index in [1.807, 2.05) is 4.90 Å². The minimum absolute atomic E-state index is 0.0988. The van der Waals surface area contributed by atoms with E-state index in [0.29, 0.717) is 61.8 Å². The van der Waals surface area contributed by atoms with Crippen molar-refractivity contribution in [1.29, 1.82) is 0 Å². The van der Waals surface area contributed by atoms with Crippen molar-refractivity contribution >= 4 is 28.6 Å². The van der Waals surface area contributed by atoms with Gasteiger partial charge in [0.25, 0.3) is 11.8 Å². The lowest BCUT2D eigenvalue weighted by molar-refractivity contribution is -0.137. The Kier molecular flexibility index (Phi) is 7.70. The van der Waals surface area contributed by atoms with Crippen LogP contribution >= 0.6 is 0 Å². The van der Waals surface area contributed by atoms with Gasteiger partial charge in [0.15, 0.2) is 0 Å². The lowest BCUT2D eigenvalue weighted by atomic mass is 10.1. The standard InChI is InChI=1S/C32H36F3N5O3/c1-21(2)36-10-12-38(13-11-36)30(42)23-8-9-27-24(18-23)19-28(40(27)26-5-3-4-25(20-26)32(33,34)35)31(43)39-16-14-37(15-17-39)29(41)22-6-7-22/h3-5,8-9,18-22H,6-7,10-17H2,1-2H3. The number of fused-ring (bicyclic) bond motifs is 1. The first kappa shape index (κ1) is 29.2. The maximum atomic E-state index is 13.9. The lowest BCUT2D eigenvalue weighted by Gasteiger charge is -2.37. The summed E-state index contributed by atoms with van der Waals surface area (Å²) in [6.45, 7) is 8.59. The average Bonchev–Trinajstić information content (AvgIpc) is 3.79. The van der Waals surface area contributed by atoms with Gasteiger partial charge in [-0.15, -0.1) is 0 Å². The molecule has 1 aromatic heterocycles. The van der Waals surface area contributed by atoms with Gasteiger partial charge in [-0.05, 0) is 69.2 Å². The number of halogens is 3.